The summed E-state index contributed by atoms with van der Waals surface area (Å²) in [6.45, 7) is 11.5. The maximum absolute atomic E-state index is 5.88. The molecule has 1 aromatic rings. The molecule has 0 amide bonds. The minimum Gasteiger partial charge on any atom is -0.379 e. The van der Waals surface area contributed by atoms with E-state index in [0.717, 1.165) is 26.2 Å². The third-order valence-corrected chi connectivity index (χ3v) is 3.63. The van der Waals surface area contributed by atoms with E-state index >= 15 is 0 Å². The van der Waals surface area contributed by atoms with Gasteiger partial charge in [0.1, 0.15) is 0 Å². The second-order valence-corrected chi connectivity index (χ2v) is 5.65. The zero-order chi connectivity index (χ0) is 14.8. The fraction of sp³-hybridized carbons (Fsp3) is 0.667. The Kier molecular flexibility index (Phi) is 8.56. The third-order valence-electron chi connectivity index (χ3n) is 3.63. The molecule has 2 heteroatoms. The van der Waals surface area contributed by atoms with Crippen molar-refractivity contribution in [1.82, 2.24) is 5.32 Å². The van der Waals surface area contributed by atoms with Gasteiger partial charge < -0.3 is 10.1 Å². The van der Waals surface area contributed by atoms with E-state index in [9.17, 15) is 0 Å². The van der Waals surface area contributed by atoms with E-state index in [0.29, 0.717) is 6.04 Å². The van der Waals surface area contributed by atoms with Gasteiger partial charge in [-0.1, -0.05) is 50.5 Å². The molecule has 1 unspecified atom stereocenters. The molecule has 0 heterocycles. The number of unbranched alkanes of at least 4 members (excludes halogenated alkanes) is 2. The molecule has 0 bridgehead atoms. The summed E-state index contributed by atoms with van der Waals surface area (Å²) in [5.74, 6) is 0. The van der Waals surface area contributed by atoms with Crippen LogP contribution in [0.4, 0.5) is 0 Å². The van der Waals surface area contributed by atoms with Gasteiger partial charge >= 0.3 is 0 Å². The molecule has 20 heavy (non-hydrogen) atoms. The Bertz CT molecular complexity index is 376. The van der Waals surface area contributed by atoms with Gasteiger partial charge in [0.05, 0.1) is 12.6 Å². The predicted octanol–water partition coefficient (Wildman–Crippen LogP) is 4.55. The van der Waals surface area contributed by atoms with E-state index in [4.69, 9.17) is 4.74 Å². The van der Waals surface area contributed by atoms with Crippen molar-refractivity contribution in [3.63, 3.8) is 0 Å². The minimum atomic E-state index is 0.316. The Morgan fingerprint density at radius 1 is 1.10 bits per heavy atom. The van der Waals surface area contributed by atoms with E-state index in [2.05, 4.69) is 51.2 Å². The zero-order valence-corrected chi connectivity index (χ0v) is 13.7. The van der Waals surface area contributed by atoms with Crippen LogP contribution in [0.15, 0.2) is 18.2 Å². The second-order valence-electron chi connectivity index (χ2n) is 5.65. The maximum Gasteiger partial charge on any atom is 0.0661 e. The second kappa shape index (κ2) is 9.95. The first-order valence-electron chi connectivity index (χ1n) is 8.07. The fourth-order valence-electron chi connectivity index (χ4n) is 2.37. The highest BCUT2D eigenvalue weighted by molar-refractivity contribution is 5.33. The van der Waals surface area contributed by atoms with Crippen LogP contribution in [-0.2, 0) is 4.74 Å². The van der Waals surface area contributed by atoms with E-state index in [1.807, 2.05) is 0 Å². The molecular weight excluding hydrogens is 246 g/mol. The van der Waals surface area contributed by atoms with Crippen LogP contribution in [0.1, 0.15) is 62.3 Å². The lowest BCUT2D eigenvalue weighted by Gasteiger charge is -2.21. The summed E-state index contributed by atoms with van der Waals surface area (Å²) in [7, 11) is 0. The number of aryl methyl sites for hydroxylation is 2. The minimum absolute atomic E-state index is 0.316. The zero-order valence-electron chi connectivity index (χ0n) is 13.7. The van der Waals surface area contributed by atoms with E-state index in [1.165, 1.54) is 36.0 Å². The average molecular weight is 277 g/mol. The highest BCUT2D eigenvalue weighted by Crippen LogP contribution is 2.20. The van der Waals surface area contributed by atoms with Gasteiger partial charge in [-0.15, -0.1) is 0 Å². The highest BCUT2D eigenvalue weighted by Gasteiger charge is 2.13. The first kappa shape index (κ1) is 17.2. The Hall–Kier alpha value is -0.860. The lowest BCUT2D eigenvalue weighted by Crippen LogP contribution is -2.27. The molecule has 0 fully saturated rings. The van der Waals surface area contributed by atoms with Crippen molar-refractivity contribution in [1.29, 1.82) is 0 Å². The Labute approximate surface area is 124 Å². The first-order valence-corrected chi connectivity index (χ1v) is 8.07. The standard InChI is InChI=1S/C18H31NO/c1-5-7-8-12-20-14-18(19-11-6-2)17-13-15(3)9-10-16(17)4/h9-10,13,18-19H,5-8,11-12,14H2,1-4H3. The maximum atomic E-state index is 5.88. The van der Waals surface area contributed by atoms with Crippen molar-refractivity contribution < 1.29 is 4.74 Å². The molecule has 0 aliphatic rings. The van der Waals surface area contributed by atoms with Crippen molar-refractivity contribution >= 4 is 0 Å². The van der Waals surface area contributed by atoms with E-state index in [1.54, 1.807) is 0 Å². The predicted molar refractivity (Wildman–Crippen MR) is 87.3 cm³/mol. The van der Waals surface area contributed by atoms with Gasteiger partial charge in [-0.25, -0.2) is 0 Å². The number of ether oxygens (including phenoxy) is 1. The molecule has 1 N–H and O–H groups in total. The Morgan fingerprint density at radius 2 is 1.90 bits per heavy atom. The molecule has 1 rings (SSSR count). The summed E-state index contributed by atoms with van der Waals surface area (Å²) in [5.41, 5.74) is 4.05. The average Bonchev–Trinajstić information content (AvgIpc) is 2.45. The van der Waals surface area contributed by atoms with Crippen LogP contribution >= 0.6 is 0 Å². The topological polar surface area (TPSA) is 21.3 Å². The molecule has 0 aromatic heterocycles. The van der Waals surface area contributed by atoms with Crippen LogP contribution in [-0.4, -0.2) is 19.8 Å². The van der Waals surface area contributed by atoms with Crippen LogP contribution in [0.25, 0.3) is 0 Å². The van der Waals surface area contributed by atoms with Gasteiger partial charge in [0.15, 0.2) is 0 Å². The fourth-order valence-corrected chi connectivity index (χ4v) is 2.37. The van der Waals surface area contributed by atoms with Gasteiger partial charge in [-0.2, -0.15) is 0 Å². The van der Waals surface area contributed by atoms with Crippen molar-refractivity contribution in [2.24, 2.45) is 0 Å². The number of hydrogen-bond acceptors (Lipinski definition) is 2. The van der Waals surface area contributed by atoms with E-state index < -0.39 is 0 Å². The van der Waals surface area contributed by atoms with Gasteiger partial charge in [0, 0.05) is 6.61 Å². The van der Waals surface area contributed by atoms with Crippen LogP contribution in [0.2, 0.25) is 0 Å². The lowest BCUT2D eigenvalue weighted by atomic mass is 9.99. The molecule has 1 aromatic carbocycles. The summed E-state index contributed by atoms with van der Waals surface area (Å²) in [5, 5.41) is 3.62. The van der Waals surface area contributed by atoms with Crippen LogP contribution in [0, 0.1) is 13.8 Å². The van der Waals surface area contributed by atoms with Gasteiger partial charge in [0.2, 0.25) is 0 Å². The molecule has 0 aliphatic heterocycles. The van der Waals surface area contributed by atoms with Gasteiger partial charge in [-0.05, 0) is 44.4 Å². The Balaban J connectivity index is 2.60. The normalized spacial score (nSPS) is 12.6. The molecule has 2 nitrogen and oxygen atoms in total. The summed E-state index contributed by atoms with van der Waals surface area (Å²) in [4.78, 5) is 0. The van der Waals surface area contributed by atoms with Crippen LogP contribution < -0.4 is 5.32 Å². The number of nitrogens with one attached hydrogen (secondary N) is 1. The third kappa shape index (κ3) is 6.06. The molecule has 0 spiro atoms. The molecule has 0 radical (unpaired) electrons. The van der Waals surface area contributed by atoms with Crippen molar-refractivity contribution in [3.8, 4) is 0 Å². The molecule has 0 saturated heterocycles. The summed E-state index contributed by atoms with van der Waals surface area (Å²) in [6, 6.07) is 7.00. The molecule has 1 atom stereocenters. The summed E-state index contributed by atoms with van der Waals surface area (Å²) >= 11 is 0. The monoisotopic (exact) mass is 277 g/mol. The van der Waals surface area contributed by atoms with Crippen molar-refractivity contribution in [3.05, 3.63) is 34.9 Å². The molecular formula is C18H31NO. The largest absolute Gasteiger partial charge is 0.379 e. The smallest absolute Gasteiger partial charge is 0.0661 e. The molecule has 114 valence electrons. The number of rotatable bonds is 10. The summed E-state index contributed by atoms with van der Waals surface area (Å²) in [6.07, 6.45) is 4.83. The highest BCUT2D eigenvalue weighted by atomic mass is 16.5. The molecule has 0 aliphatic carbocycles. The van der Waals surface area contributed by atoms with Gasteiger partial charge in [0.25, 0.3) is 0 Å². The first-order chi connectivity index (χ1) is 9.69. The number of benzene rings is 1. The van der Waals surface area contributed by atoms with Crippen LogP contribution in [0.5, 0.6) is 0 Å². The lowest BCUT2D eigenvalue weighted by molar-refractivity contribution is 0.108. The SMILES string of the molecule is CCCCCOCC(NCCC)c1cc(C)ccc1C. The molecule has 0 saturated carbocycles. The van der Waals surface area contributed by atoms with E-state index in [-0.39, 0.29) is 0 Å². The summed E-state index contributed by atoms with van der Waals surface area (Å²) < 4.78 is 5.88. The van der Waals surface area contributed by atoms with Crippen molar-refractivity contribution in [2.75, 3.05) is 19.8 Å². The van der Waals surface area contributed by atoms with Gasteiger partial charge in [-0.3, -0.25) is 0 Å². The van der Waals surface area contributed by atoms with Crippen LogP contribution in [0.3, 0.4) is 0 Å². The quantitative estimate of drug-likeness (QED) is 0.633. The Morgan fingerprint density at radius 3 is 2.60 bits per heavy atom. The number of hydrogen-bond donors (Lipinski definition) is 1. The van der Waals surface area contributed by atoms with Crippen molar-refractivity contribution in [2.45, 2.75) is 59.4 Å².